The highest BCUT2D eigenvalue weighted by Crippen LogP contribution is 2.32. The summed E-state index contributed by atoms with van der Waals surface area (Å²) in [6.07, 6.45) is 8.00. The molecular formula is C14H13NO. The Morgan fingerprint density at radius 1 is 1.12 bits per heavy atom. The Morgan fingerprint density at radius 2 is 1.94 bits per heavy atom. The summed E-state index contributed by atoms with van der Waals surface area (Å²) >= 11 is 0. The van der Waals surface area contributed by atoms with Gasteiger partial charge in [-0.2, -0.15) is 0 Å². The number of fused-ring (bicyclic) bond motifs is 1. The summed E-state index contributed by atoms with van der Waals surface area (Å²) in [5.41, 5.74) is 9.18. The van der Waals surface area contributed by atoms with Gasteiger partial charge < -0.3 is 10.5 Å². The number of rotatable bonds is 1. The van der Waals surface area contributed by atoms with Gasteiger partial charge in [-0.05, 0) is 23.3 Å². The Hall–Kier alpha value is -1.96. The molecule has 0 radical (unpaired) electrons. The van der Waals surface area contributed by atoms with Crippen LogP contribution in [0, 0.1) is 5.92 Å². The number of allylic oxidation sites excluding steroid dienone is 2. The number of benzene rings is 1. The zero-order chi connectivity index (χ0) is 11.0. The van der Waals surface area contributed by atoms with Crippen molar-refractivity contribution in [3.8, 4) is 0 Å². The van der Waals surface area contributed by atoms with Crippen molar-refractivity contribution >= 4 is 5.57 Å². The van der Waals surface area contributed by atoms with Gasteiger partial charge in [0.05, 0.1) is 12.0 Å². The van der Waals surface area contributed by atoms with E-state index in [1.807, 2.05) is 30.4 Å². The molecule has 1 aliphatic carbocycles. The molecule has 1 heterocycles. The second kappa shape index (κ2) is 3.56. The Kier molecular flexibility index (Phi) is 2.07. The van der Waals surface area contributed by atoms with E-state index in [4.69, 9.17) is 10.5 Å². The molecule has 3 rings (SSSR count). The number of hydrogen-bond acceptors (Lipinski definition) is 2. The maximum absolute atomic E-state index is 6.00. The topological polar surface area (TPSA) is 35.2 Å². The van der Waals surface area contributed by atoms with Gasteiger partial charge in [0.1, 0.15) is 6.10 Å². The van der Waals surface area contributed by atoms with Crippen LogP contribution in [-0.4, -0.2) is 6.10 Å². The Bertz CT molecular complexity index is 485. The standard InChI is InChI=1S/C14H13NO/c15-13-9-12(10-4-2-1-3-5-10)8-11-6-7-16-14(11)13/h1-9,11,14H,15H2. The SMILES string of the molecule is NC1=CC(c2ccccc2)=CC2C=COC12. The fourth-order valence-corrected chi connectivity index (χ4v) is 2.18. The molecule has 2 nitrogen and oxygen atoms in total. The third kappa shape index (κ3) is 1.43. The van der Waals surface area contributed by atoms with Gasteiger partial charge in [-0.25, -0.2) is 0 Å². The zero-order valence-corrected chi connectivity index (χ0v) is 8.84. The quantitative estimate of drug-likeness (QED) is 0.774. The molecule has 0 fully saturated rings. The largest absolute Gasteiger partial charge is 0.491 e. The van der Waals surface area contributed by atoms with E-state index in [1.165, 1.54) is 11.1 Å². The molecule has 0 bridgehead atoms. The summed E-state index contributed by atoms with van der Waals surface area (Å²) in [5, 5.41) is 0. The molecule has 2 heteroatoms. The van der Waals surface area contributed by atoms with E-state index in [-0.39, 0.29) is 12.0 Å². The van der Waals surface area contributed by atoms with Crippen LogP contribution in [0.3, 0.4) is 0 Å². The molecule has 0 amide bonds. The molecular weight excluding hydrogens is 198 g/mol. The van der Waals surface area contributed by atoms with Crippen molar-refractivity contribution in [2.75, 3.05) is 0 Å². The first-order chi connectivity index (χ1) is 7.84. The molecule has 2 atom stereocenters. The van der Waals surface area contributed by atoms with Crippen LogP contribution >= 0.6 is 0 Å². The zero-order valence-electron chi connectivity index (χ0n) is 8.84. The smallest absolute Gasteiger partial charge is 0.147 e. The van der Waals surface area contributed by atoms with Crippen molar-refractivity contribution in [1.29, 1.82) is 0 Å². The second-order valence-electron chi connectivity index (χ2n) is 4.09. The van der Waals surface area contributed by atoms with Crippen molar-refractivity contribution in [3.63, 3.8) is 0 Å². The lowest BCUT2D eigenvalue weighted by Gasteiger charge is -2.22. The summed E-state index contributed by atoms with van der Waals surface area (Å²) in [5.74, 6) is 0.278. The minimum atomic E-state index is 0.00691. The van der Waals surface area contributed by atoms with Crippen LogP contribution in [0.15, 0.2) is 60.5 Å². The third-order valence-corrected chi connectivity index (χ3v) is 3.01. The Labute approximate surface area is 94.7 Å². The molecule has 1 aromatic rings. The predicted molar refractivity (Wildman–Crippen MR) is 64.2 cm³/mol. The maximum atomic E-state index is 6.00. The minimum Gasteiger partial charge on any atom is -0.491 e. The highest BCUT2D eigenvalue weighted by Gasteiger charge is 2.28. The molecule has 0 spiro atoms. The van der Waals surface area contributed by atoms with Gasteiger partial charge in [0.15, 0.2) is 0 Å². The van der Waals surface area contributed by atoms with Crippen molar-refractivity contribution < 1.29 is 4.74 Å². The first-order valence-electron chi connectivity index (χ1n) is 5.41. The summed E-state index contributed by atoms with van der Waals surface area (Å²) in [6, 6.07) is 10.3. The molecule has 2 aliphatic rings. The molecule has 16 heavy (non-hydrogen) atoms. The molecule has 0 aromatic heterocycles. The summed E-state index contributed by atoms with van der Waals surface area (Å²) < 4.78 is 5.43. The van der Waals surface area contributed by atoms with Gasteiger partial charge in [-0.1, -0.05) is 36.4 Å². The first kappa shape index (κ1) is 9.28. The lowest BCUT2D eigenvalue weighted by Crippen LogP contribution is -2.25. The third-order valence-electron chi connectivity index (χ3n) is 3.01. The summed E-state index contributed by atoms with van der Waals surface area (Å²) in [4.78, 5) is 0. The highest BCUT2D eigenvalue weighted by molar-refractivity contribution is 5.76. The molecule has 1 aliphatic heterocycles. The molecule has 80 valence electrons. The van der Waals surface area contributed by atoms with Crippen LogP contribution in [0.4, 0.5) is 0 Å². The van der Waals surface area contributed by atoms with Crippen molar-refractivity contribution in [2.24, 2.45) is 11.7 Å². The molecule has 0 saturated heterocycles. The summed E-state index contributed by atoms with van der Waals surface area (Å²) in [6.45, 7) is 0. The summed E-state index contributed by atoms with van der Waals surface area (Å²) in [7, 11) is 0. The van der Waals surface area contributed by atoms with Gasteiger partial charge in [0.2, 0.25) is 0 Å². The van der Waals surface area contributed by atoms with E-state index in [2.05, 4.69) is 18.2 Å². The van der Waals surface area contributed by atoms with E-state index in [0.29, 0.717) is 0 Å². The van der Waals surface area contributed by atoms with Gasteiger partial charge in [-0.3, -0.25) is 0 Å². The monoisotopic (exact) mass is 211 g/mol. The van der Waals surface area contributed by atoms with Gasteiger partial charge in [-0.15, -0.1) is 0 Å². The van der Waals surface area contributed by atoms with Crippen molar-refractivity contribution in [2.45, 2.75) is 6.10 Å². The van der Waals surface area contributed by atoms with E-state index in [9.17, 15) is 0 Å². The average Bonchev–Trinajstić information content (AvgIpc) is 2.79. The lowest BCUT2D eigenvalue weighted by molar-refractivity contribution is 0.179. The van der Waals surface area contributed by atoms with Crippen LogP contribution in [0.1, 0.15) is 5.56 Å². The maximum Gasteiger partial charge on any atom is 0.147 e. The Morgan fingerprint density at radius 3 is 2.75 bits per heavy atom. The van der Waals surface area contributed by atoms with Gasteiger partial charge >= 0.3 is 0 Å². The van der Waals surface area contributed by atoms with Crippen LogP contribution in [0.2, 0.25) is 0 Å². The molecule has 0 saturated carbocycles. The average molecular weight is 211 g/mol. The van der Waals surface area contributed by atoms with Gasteiger partial charge in [0, 0.05) is 5.92 Å². The van der Waals surface area contributed by atoms with E-state index in [0.717, 1.165) is 5.70 Å². The second-order valence-corrected chi connectivity index (χ2v) is 4.09. The van der Waals surface area contributed by atoms with Crippen LogP contribution in [-0.2, 0) is 4.74 Å². The molecule has 1 aromatic carbocycles. The number of hydrogen-bond donors (Lipinski definition) is 1. The molecule has 2 unspecified atom stereocenters. The minimum absolute atomic E-state index is 0.00691. The highest BCUT2D eigenvalue weighted by atomic mass is 16.5. The fourth-order valence-electron chi connectivity index (χ4n) is 2.18. The van der Waals surface area contributed by atoms with Crippen LogP contribution in [0.5, 0.6) is 0 Å². The van der Waals surface area contributed by atoms with Crippen LogP contribution < -0.4 is 5.73 Å². The normalized spacial score (nSPS) is 26.8. The molecule has 2 N–H and O–H groups in total. The number of ether oxygens (including phenoxy) is 1. The van der Waals surface area contributed by atoms with Crippen molar-refractivity contribution in [1.82, 2.24) is 0 Å². The van der Waals surface area contributed by atoms with E-state index >= 15 is 0 Å². The van der Waals surface area contributed by atoms with Gasteiger partial charge in [0.25, 0.3) is 0 Å². The van der Waals surface area contributed by atoms with E-state index in [1.54, 1.807) is 6.26 Å². The number of nitrogens with two attached hydrogens (primary N) is 1. The fraction of sp³-hybridized carbons (Fsp3) is 0.143. The Balaban J connectivity index is 2.01. The predicted octanol–water partition coefficient (Wildman–Crippen LogP) is 2.45. The van der Waals surface area contributed by atoms with Crippen molar-refractivity contribution in [3.05, 3.63) is 66.1 Å². The lowest BCUT2D eigenvalue weighted by atomic mass is 9.89. The van der Waals surface area contributed by atoms with E-state index < -0.39 is 0 Å². The first-order valence-corrected chi connectivity index (χ1v) is 5.41. The van der Waals surface area contributed by atoms with Crippen LogP contribution in [0.25, 0.3) is 5.57 Å².